The van der Waals surface area contributed by atoms with Crippen molar-refractivity contribution in [2.75, 3.05) is 13.2 Å². The Kier molecular flexibility index (Phi) is 7.10. The number of nitro groups is 1. The van der Waals surface area contributed by atoms with E-state index in [1.165, 1.54) is 12.1 Å². The molecule has 0 radical (unpaired) electrons. The molecular weight excluding hydrogens is 337 g/mol. The Hall–Kier alpha value is -1.05. The van der Waals surface area contributed by atoms with Crippen LogP contribution >= 0.6 is 7.60 Å². The van der Waals surface area contributed by atoms with Crippen molar-refractivity contribution in [1.29, 1.82) is 0 Å². The van der Waals surface area contributed by atoms with Gasteiger partial charge in [-0.1, -0.05) is 12.1 Å². The summed E-state index contributed by atoms with van der Waals surface area (Å²) in [5, 5.41) is 11.3. The van der Waals surface area contributed by atoms with E-state index in [9.17, 15) is 14.7 Å². The van der Waals surface area contributed by atoms with Crippen LogP contribution in [0.4, 0.5) is 5.69 Å². The highest BCUT2D eigenvalue weighted by atomic mass is 31.2. The van der Waals surface area contributed by atoms with Crippen LogP contribution in [0, 0.1) is 10.1 Å². The Balaban J connectivity index is 3.47. The van der Waals surface area contributed by atoms with Crippen molar-refractivity contribution >= 4 is 21.6 Å². The van der Waals surface area contributed by atoms with Crippen molar-refractivity contribution in [3.05, 3.63) is 39.9 Å². The van der Waals surface area contributed by atoms with E-state index in [2.05, 4.69) is 0 Å². The molecule has 0 aliphatic rings. The van der Waals surface area contributed by atoms with Crippen LogP contribution < -0.4 is 0 Å². The Labute approximate surface area is 137 Å². The molecule has 0 fully saturated rings. The van der Waals surface area contributed by atoms with Gasteiger partial charge in [0.25, 0.3) is 5.69 Å². The standard InChI is InChI=1S/C14H24NO6PSi/c1-6-19-22(18,20-7-2)14(21-23(3,4)5)12-10-8-9-11-13(12)15(16)17/h8-11,14H,6-7H2,1-5H3. The monoisotopic (exact) mass is 361 g/mol. The van der Waals surface area contributed by atoms with E-state index in [-0.39, 0.29) is 24.5 Å². The van der Waals surface area contributed by atoms with Gasteiger partial charge in [-0.05, 0) is 39.6 Å². The maximum Gasteiger partial charge on any atom is 0.362 e. The third-order valence-corrected chi connectivity index (χ3v) is 6.11. The molecule has 0 aliphatic heterocycles. The van der Waals surface area contributed by atoms with Crippen molar-refractivity contribution in [1.82, 2.24) is 0 Å². The Morgan fingerprint density at radius 2 is 1.70 bits per heavy atom. The highest BCUT2D eigenvalue weighted by Crippen LogP contribution is 2.63. The van der Waals surface area contributed by atoms with E-state index < -0.39 is 26.7 Å². The summed E-state index contributed by atoms with van der Waals surface area (Å²) < 4.78 is 30.0. The summed E-state index contributed by atoms with van der Waals surface area (Å²) in [6, 6.07) is 6.09. The van der Waals surface area contributed by atoms with Gasteiger partial charge >= 0.3 is 7.60 Å². The maximum absolute atomic E-state index is 13.2. The van der Waals surface area contributed by atoms with Gasteiger partial charge in [0.05, 0.1) is 23.7 Å². The minimum absolute atomic E-state index is 0.156. The summed E-state index contributed by atoms with van der Waals surface area (Å²) in [6.07, 6.45) is 0. The number of para-hydroxylation sites is 1. The van der Waals surface area contributed by atoms with Crippen molar-refractivity contribution in [2.24, 2.45) is 0 Å². The smallest absolute Gasteiger partial charge is 0.362 e. The highest BCUT2D eigenvalue weighted by molar-refractivity contribution is 7.54. The van der Waals surface area contributed by atoms with Crippen molar-refractivity contribution < 1.29 is 23.0 Å². The summed E-state index contributed by atoms with van der Waals surface area (Å²) in [6.45, 7) is 9.44. The fourth-order valence-electron chi connectivity index (χ4n) is 2.03. The molecule has 9 heteroatoms. The summed E-state index contributed by atoms with van der Waals surface area (Å²) in [4.78, 5) is 10.8. The zero-order valence-electron chi connectivity index (χ0n) is 14.1. The molecule has 1 aromatic carbocycles. The minimum Gasteiger partial charge on any atom is -0.400 e. The third kappa shape index (κ3) is 5.51. The van der Waals surface area contributed by atoms with E-state index in [1.54, 1.807) is 26.0 Å². The lowest BCUT2D eigenvalue weighted by atomic mass is 10.2. The number of rotatable bonds is 9. The van der Waals surface area contributed by atoms with Gasteiger partial charge in [0.15, 0.2) is 14.2 Å². The second kappa shape index (κ2) is 8.17. The molecule has 0 aliphatic carbocycles. The topological polar surface area (TPSA) is 87.9 Å². The van der Waals surface area contributed by atoms with E-state index in [0.29, 0.717) is 0 Å². The predicted molar refractivity (Wildman–Crippen MR) is 91.1 cm³/mol. The van der Waals surface area contributed by atoms with Crippen LogP contribution in [0.3, 0.4) is 0 Å². The van der Waals surface area contributed by atoms with Crippen LogP contribution in [-0.2, 0) is 18.0 Å². The first-order chi connectivity index (χ1) is 10.6. The van der Waals surface area contributed by atoms with E-state index >= 15 is 0 Å². The fourth-order valence-corrected chi connectivity index (χ4v) is 5.91. The molecular formula is C14H24NO6PSi. The molecule has 0 heterocycles. The van der Waals surface area contributed by atoms with Crippen molar-refractivity contribution in [3.63, 3.8) is 0 Å². The van der Waals surface area contributed by atoms with Crippen LogP contribution in [-0.4, -0.2) is 26.5 Å². The number of benzene rings is 1. The highest BCUT2D eigenvalue weighted by Gasteiger charge is 2.43. The van der Waals surface area contributed by atoms with Gasteiger partial charge in [0.1, 0.15) is 0 Å². The minimum atomic E-state index is -3.71. The third-order valence-electron chi connectivity index (χ3n) is 2.77. The zero-order chi connectivity index (χ0) is 17.7. The van der Waals surface area contributed by atoms with Gasteiger partial charge in [-0.15, -0.1) is 0 Å². The molecule has 1 unspecified atom stereocenters. The molecule has 0 N–H and O–H groups in total. The largest absolute Gasteiger partial charge is 0.400 e. The molecule has 7 nitrogen and oxygen atoms in total. The van der Waals surface area contributed by atoms with Gasteiger partial charge in [0.2, 0.25) is 0 Å². The van der Waals surface area contributed by atoms with Crippen molar-refractivity contribution in [3.8, 4) is 0 Å². The number of hydrogen-bond donors (Lipinski definition) is 0. The van der Waals surface area contributed by atoms with Gasteiger partial charge in [0, 0.05) is 6.07 Å². The first kappa shape index (κ1) is 20.0. The molecule has 1 aromatic rings. The average Bonchev–Trinajstić information content (AvgIpc) is 2.44. The first-order valence-corrected chi connectivity index (χ1v) is 12.5. The lowest BCUT2D eigenvalue weighted by Crippen LogP contribution is -2.29. The Morgan fingerprint density at radius 1 is 1.17 bits per heavy atom. The molecule has 0 saturated heterocycles. The molecule has 0 aromatic heterocycles. The normalized spacial score (nSPS) is 13.8. The van der Waals surface area contributed by atoms with Crippen LogP contribution in [0.15, 0.2) is 24.3 Å². The Morgan fingerprint density at radius 3 is 2.13 bits per heavy atom. The second-order valence-electron chi connectivity index (χ2n) is 5.77. The molecule has 1 rings (SSSR count). The molecule has 1 atom stereocenters. The fraction of sp³-hybridized carbons (Fsp3) is 0.571. The quantitative estimate of drug-likeness (QED) is 0.274. The second-order valence-corrected chi connectivity index (χ2v) is 12.3. The lowest BCUT2D eigenvalue weighted by molar-refractivity contribution is -0.385. The van der Waals surface area contributed by atoms with Crippen LogP contribution in [0.2, 0.25) is 19.6 Å². The predicted octanol–water partition coefficient (Wildman–Crippen LogP) is 4.71. The summed E-state index contributed by atoms with van der Waals surface area (Å²) in [5.74, 6) is -1.12. The molecule has 23 heavy (non-hydrogen) atoms. The van der Waals surface area contributed by atoms with Gasteiger partial charge in [-0.3, -0.25) is 14.7 Å². The number of nitro benzene ring substituents is 1. The summed E-state index contributed by atoms with van der Waals surface area (Å²) >= 11 is 0. The molecule has 0 amide bonds. The molecule has 0 bridgehead atoms. The van der Waals surface area contributed by atoms with Gasteiger partial charge < -0.3 is 13.5 Å². The lowest BCUT2D eigenvalue weighted by Gasteiger charge is -2.31. The zero-order valence-corrected chi connectivity index (χ0v) is 16.0. The molecule has 0 spiro atoms. The van der Waals surface area contributed by atoms with E-state index in [4.69, 9.17) is 13.5 Å². The summed E-state index contributed by atoms with van der Waals surface area (Å²) in [7, 11) is -5.89. The van der Waals surface area contributed by atoms with Gasteiger partial charge in [-0.2, -0.15) is 0 Å². The number of nitrogens with zero attached hydrogens (tertiary/aromatic N) is 1. The maximum atomic E-state index is 13.2. The van der Waals surface area contributed by atoms with E-state index in [1.807, 2.05) is 19.6 Å². The molecule has 0 saturated carbocycles. The summed E-state index contributed by atoms with van der Waals surface area (Å²) in [5.41, 5.74) is 0.0561. The van der Waals surface area contributed by atoms with Crippen LogP contribution in [0.1, 0.15) is 25.3 Å². The van der Waals surface area contributed by atoms with E-state index in [0.717, 1.165) is 0 Å². The molecule has 130 valence electrons. The average molecular weight is 361 g/mol. The van der Waals surface area contributed by atoms with Crippen molar-refractivity contribution in [2.45, 2.75) is 39.3 Å². The van der Waals surface area contributed by atoms with Crippen LogP contribution in [0.5, 0.6) is 0 Å². The number of hydrogen-bond acceptors (Lipinski definition) is 6. The van der Waals surface area contributed by atoms with Gasteiger partial charge in [-0.25, -0.2) is 0 Å². The SMILES string of the molecule is CCOP(=O)(OCC)C(O[Si](C)(C)C)c1ccccc1[N+](=O)[O-]. The van der Waals surface area contributed by atoms with Crippen LogP contribution in [0.25, 0.3) is 0 Å². The Bertz CT molecular complexity index is 579. The first-order valence-electron chi connectivity index (χ1n) is 7.44.